The number of ether oxygens (including phenoxy) is 1. The Morgan fingerprint density at radius 2 is 1.84 bits per heavy atom. The van der Waals surface area contributed by atoms with Gasteiger partial charge < -0.3 is 4.74 Å². The highest BCUT2D eigenvalue weighted by Gasteiger charge is 2.31. The fourth-order valence-corrected chi connectivity index (χ4v) is 4.03. The quantitative estimate of drug-likeness (QED) is 0.749. The van der Waals surface area contributed by atoms with Gasteiger partial charge in [0.2, 0.25) is 0 Å². The molecule has 0 unspecified atom stereocenters. The summed E-state index contributed by atoms with van der Waals surface area (Å²) in [5.41, 5.74) is 4.26. The van der Waals surface area contributed by atoms with E-state index in [-0.39, 0.29) is 5.97 Å². The van der Waals surface area contributed by atoms with Gasteiger partial charge in [0.1, 0.15) is 0 Å². The highest BCUT2D eigenvalue weighted by Crippen LogP contribution is 2.41. The number of rotatable bonds is 6. The summed E-state index contributed by atoms with van der Waals surface area (Å²) in [6.45, 7) is 3.54. The molecule has 3 nitrogen and oxygen atoms in total. The summed E-state index contributed by atoms with van der Waals surface area (Å²) in [7, 11) is 2.01. The summed E-state index contributed by atoms with van der Waals surface area (Å²) in [5, 5.41) is 0. The van der Waals surface area contributed by atoms with E-state index in [4.69, 9.17) is 4.74 Å². The summed E-state index contributed by atoms with van der Waals surface area (Å²) in [5.74, 6) is 0.741. The Bertz CT molecular complexity index is 698. The van der Waals surface area contributed by atoms with Crippen molar-refractivity contribution < 1.29 is 9.53 Å². The van der Waals surface area contributed by atoms with E-state index in [1.165, 1.54) is 16.7 Å². The average molecular weight is 337 g/mol. The zero-order chi connectivity index (χ0) is 17.6. The van der Waals surface area contributed by atoms with Crippen LogP contribution in [0.15, 0.2) is 54.6 Å². The molecule has 0 heterocycles. The molecular weight excluding hydrogens is 310 g/mol. The summed E-state index contributed by atoms with van der Waals surface area (Å²) >= 11 is 0. The molecule has 0 spiro atoms. The van der Waals surface area contributed by atoms with Gasteiger partial charge in [-0.3, -0.25) is 9.69 Å². The Balaban J connectivity index is 1.82. The molecule has 0 aromatic heterocycles. The van der Waals surface area contributed by atoms with Gasteiger partial charge in [0.15, 0.2) is 0 Å². The molecule has 2 atom stereocenters. The van der Waals surface area contributed by atoms with Crippen LogP contribution in [0.25, 0.3) is 0 Å². The molecule has 0 saturated heterocycles. The predicted octanol–water partition coefficient (Wildman–Crippen LogP) is 3.88. The van der Waals surface area contributed by atoms with E-state index in [0.29, 0.717) is 25.0 Å². The van der Waals surface area contributed by atoms with Crippen molar-refractivity contribution in [3.63, 3.8) is 0 Å². The average Bonchev–Trinajstić information content (AvgIpc) is 2.62. The minimum atomic E-state index is -0.141. The minimum Gasteiger partial charge on any atom is -0.465 e. The number of hydrogen-bond acceptors (Lipinski definition) is 3. The Morgan fingerprint density at radius 1 is 1.12 bits per heavy atom. The number of hydrogen-bond donors (Lipinski definition) is 0. The second-order valence-electron chi connectivity index (χ2n) is 6.89. The molecule has 2 aromatic carbocycles. The molecule has 3 rings (SSSR count). The molecule has 0 amide bonds. The van der Waals surface area contributed by atoms with Gasteiger partial charge in [0.05, 0.1) is 13.2 Å². The van der Waals surface area contributed by atoms with Crippen LogP contribution >= 0.6 is 0 Å². The lowest BCUT2D eigenvalue weighted by atomic mass is 9.71. The van der Waals surface area contributed by atoms with Crippen LogP contribution in [0.4, 0.5) is 0 Å². The molecule has 3 heteroatoms. The van der Waals surface area contributed by atoms with E-state index in [1.54, 1.807) is 0 Å². The van der Waals surface area contributed by atoms with Crippen LogP contribution in [0.3, 0.4) is 0 Å². The van der Waals surface area contributed by atoms with Gasteiger partial charge in [0, 0.05) is 12.5 Å². The predicted molar refractivity (Wildman–Crippen MR) is 101 cm³/mol. The summed E-state index contributed by atoms with van der Waals surface area (Å²) in [6.07, 6.45) is 2.25. The van der Waals surface area contributed by atoms with Gasteiger partial charge in [0.25, 0.3) is 0 Å². The molecule has 0 N–H and O–H groups in total. The minimum absolute atomic E-state index is 0.141. The van der Waals surface area contributed by atoms with Gasteiger partial charge in [-0.1, -0.05) is 54.6 Å². The Hall–Kier alpha value is -2.13. The fraction of sp³-hybridized carbons (Fsp3) is 0.409. The van der Waals surface area contributed by atoms with E-state index >= 15 is 0 Å². The number of esters is 1. The molecule has 0 saturated carbocycles. The molecule has 2 aromatic rings. The molecule has 25 heavy (non-hydrogen) atoms. The number of aryl methyl sites for hydroxylation is 1. The van der Waals surface area contributed by atoms with Gasteiger partial charge in [-0.15, -0.1) is 0 Å². The third kappa shape index (κ3) is 4.29. The highest BCUT2D eigenvalue weighted by atomic mass is 16.5. The number of carbonyl (C=O) groups is 1. The lowest BCUT2D eigenvalue weighted by molar-refractivity contribution is -0.144. The van der Waals surface area contributed by atoms with Crippen LogP contribution in [0.2, 0.25) is 0 Å². The SMILES string of the molecule is CCOC(=O)CN(C)C[C@H]1CCc2ccccc2[C@H]1c1ccccc1. The van der Waals surface area contributed by atoms with E-state index in [9.17, 15) is 4.79 Å². The zero-order valence-corrected chi connectivity index (χ0v) is 15.2. The molecule has 0 fully saturated rings. The second-order valence-corrected chi connectivity index (χ2v) is 6.89. The number of carbonyl (C=O) groups excluding carboxylic acids is 1. The van der Waals surface area contributed by atoms with Crippen LogP contribution < -0.4 is 0 Å². The first-order chi connectivity index (χ1) is 12.2. The summed E-state index contributed by atoms with van der Waals surface area (Å²) in [4.78, 5) is 13.9. The van der Waals surface area contributed by atoms with Crippen molar-refractivity contribution in [1.82, 2.24) is 4.90 Å². The first kappa shape index (κ1) is 17.7. The van der Waals surface area contributed by atoms with Gasteiger partial charge in [-0.2, -0.15) is 0 Å². The maximum absolute atomic E-state index is 11.8. The van der Waals surface area contributed by atoms with Crippen LogP contribution in [0, 0.1) is 5.92 Å². The number of likely N-dealkylation sites (N-methyl/N-ethyl adjacent to an activating group) is 1. The van der Waals surface area contributed by atoms with Crippen molar-refractivity contribution in [1.29, 1.82) is 0 Å². The maximum Gasteiger partial charge on any atom is 0.320 e. The monoisotopic (exact) mass is 337 g/mol. The van der Waals surface area contributed by atoms with Crippen molar-refractivity contribution in [3.05, 3.63) is 71.3 Å². The number of fused-ring (bicyclic) bond motifs is 1. The summed E-state index contributed by atoms with van der Waals surface area (Å²) < 4.78 is 5.09. The van der Waals surface area contributed by atoms with Crippen LogP contribution in [0.1, 0.15) is 36.0 Å². The smallest absolute Gasteiger partial charge is 0.320 e. The van der Waals surface area contributed by atoms with Crippen molar-refractivity contribution in [2.75, 3.05) is 26.7 Å². The first-order valence-corrected chi connectivity index (χ1v) is 9.16. The molecule has 1 aliphatic carbocycles. The van der Waals surface area contributed by atoms with Crippen LogP contribution in [0.5, 0.6) is 0 Å². The van der Waals surface area contributed by atoms with E-state index < -0.39 is 0 Å². The molecule has 132 valence electrons. The van der Waals surface area contributed by atoms with E-state index in [1.807, 2.05) is 14.0 Å². The normalized spacial score (nSPS) is 19.5. The van der Waals surface area contributed by atoms with Crippen molar-refractivity contribution >= 4 is 5.97 Å². The molecule has 1 aliphatic rings. The van der Waals surface area contributed by atoms with E-state index in [2.05, 4.69) is 59.5 Å². The standard InChI is InChI=1S/C22H27NO2/c1-3-25-21(24)16-23(2)15-19-14-13-17-9-7-8-12-20(17)22(19)18-10-5-4-6-11-18/h4-12,19,22H,3,13-16H2,1-2H3/t19-,22+/m1/s1. The third-order valence-corrected chi connectivity index (χ3v) is 5.06. The van der Waals surface area contributed by atoms with Crippen molar-refractivity contribution in [3.8, 4) is 0 Å². The highest BCUT2D eigenvalue weighted by molar-refractivity contribution is 5.71. The first-order valence-electron chi connectivity index (χ1n) is 9.16. The molecule has 0 bridgehead atoms. The van der Waals surface area contributed by atoms with Crippen LogP contribution in [-0.4, -0.2) is 37.6 Å². The van der Waals surface area contributed by atoms with Crippen molar-refractivity contribution in [2.45, 2.75) is 25.7 Å². The lowest BCUT2D eigenvalue weighted by Crippen LogP contribution is -2.36. The topological polar surface area (TPSA) is 29.5 Å². The Morgan fingerprint density at radius 3 is 2.60 bits per heavy atom. The van der Waals surface area contributed by atoms with Gasteiger partial charge in [-0.05, 0) is 49.4 Å². The second kappa shape index (κ2) is 8.30. The van der Waals surface area contributed by atoms with Gasteiger partial charge in [-0.25, -0.2) is 0 Å². The lowest BCUT2D eigenvalue weighted by Gasteiger charge is -2.36. The largest absolute Gasteiger partial charge is 0.465 e. The Kier molecular flexibility index (Phi) is 5.87. The number of nitrogens with zero attached hydrogens (tertiary/aromatic N) is 1. The number of benzene rings is 2. The maximum atomic E-state index is 11.8. The molecule has 0 radical (unpaired) electrons. The molecular formula is C22H27NO2. The fourth-order valence-electron chi connectivity index (χ4n) is 4.03. The molecule has 0 aliphatic heterocycles. The summed E-state index contributed by atoms with van der Waals surface area (Å²) in [6, 6.07) is 19.6. The Labute approximate surface area is 150 Å². The van der Waals surface area contributed by atoms with Gasteiger partial charge >= 0.3 is 5.97 Å². The van der Waals surface area contributed by atoms with Crippen LogP contribution in [-0.2, 0) is 16.0 Å². The third-order valence-electron chi connectivity index (χ3n) is 5.06. The van der Waals surface area contributed by atoms with Crippen molar-refractivity contribution in [2.24, 2.45) is 5.92 Å². The zero-order valence-electron chi connectivity index (χ0n) is 15.2. The van der Waals surface area contributed by atoms with E-state index in [0.717, 1.165) is 19.4 Å².